The lowest BCUT2D eigenvalue weighted by atomic mass is 9.89. The second-order valence-electron chi connectivity index (χ2n) is 4.69. The fourth-order valence-electron chi connectivity index (χ4n) is 1.14. The van der Waals surface area contributed by atoms with E-state index in [0.29, 0.717) is 0 Å². The lowest BCUT2D eigenvalue weighted by molar-refractivity contribution is -0.0877. The molecule has 0 spiro atoms. The van der Waals surface area contributed by atoms with E-state index in [1.807, 2.05) is 0 Å². The Bertz CT molecular complexity index is 311. The molecule has 0 aromatic heterocycles. The van der Waals surface area contributed by atoms with Gasteiger partial charge in [-0.25, -0.2) is 21.9 Å². The van der Waals surface area contributed by atoms with Gasteiger partial charge in [-0.05, 0) is 20.8 Å². The van der Waals surface area contributed by atoms with E-state index in [1.54, 1.807) is 0 Å². The SMILES string of the molecule is CC(C)(C)S(=O)(=O)NC1CC(F)(F)C1. The molecule has 1 aliphatic carbocycles. The topological polar surface area (TPSA) is 46.2 Å². The minimum Gasteiger partial charge on any atom is -0.212 e. The van der Waals surface area contributed by atoms with Gasteiger partial charge in [-0.2, -0.15) is 0 Å². The maximum absolute atomic E-state index is 12.4. The van der Waals surface area contributed by atoms with Crippen molar-refractivity contribution in [3.63, 3.8) is 0 Å². The second-order valence-corrected chi connectivity index (χ2v) is 7.16. The summed E-state index contributed by atoms with van der Waals surface area (Å²) in [7, 11) is -3.49. The Balaban J connectivity index is 2.56. The van der Waals surface area contributed by atoms with Gasteiger partial charge in [0.05, 0.1) is 4.75 Å². The highest BCUT2D eigenvalue weighted by Crippen LogP contribution is 2.38. The third-order valence-electron chi connectivity index (χ3n) is 2.22. The molecule has 0 unspecified atom stereocenters. The number of rotatable bonds is 2. The number of hydrogen-bond acceptors (Lipinski definition) is 2. The van der Waals surface area contributed by atoms with Crippen molar-refractivity contribution < 1.29 is 17.2 Å². The molecule has 3 nitrogen and oxygen atoms in total. The smallest absolute Gasteiger partial charge is 0.212 e. The van der Waals surface area contributed by atoms with E-state index in [0.717, 1.165) is 0 Å². The van der Waals surface area contributed by atoms with Gasteiger partial charge in [0.2, 0.25) is 10.0 Å². The molecule has 0 atom stereocenters. The van der Waals surface area contributed by atoms with Gasteiger partial charge in [0.15, 0.2) is 0 Å². The first-order valence-corrected chi connectivity index (χ1v) is 5.91. The van der Waals surface area contributed by atoms with E-state index in [1.165, 1.54) is 20.8 Å². The summed E-state index contributed by atoms with van der Waals surface area (Å²) >= 11 is 0. The number of halogens is 2. The first-order chi connectivity index (χ1) is 6.04. The van der Waals surface area contributed by atoms with E-state index in [-0.39, 0.29) is 12.8 Å². The summed E-state index contributed by atoms with van der Waals surface area (Å²) in [5.74, 6) is -2.69. The highest BCUT2D eigenvalue weighted by Gasteiger charge is 2.47. The summed E-state index contributed by atoms with van der Waals surface area (Å²) in [4.78, 5) is 0. The van der Waals surface area contributed by atoms with Crippen LogP contribution in [0, 0.1) is 0 Å². The molecule has 0 radical (unpaired) electrons. The summed E-state index contributed by atoms with van der Waals surface area (Å²) in [5, 5.41) is 0. The average Bonchev–Trinajstić information content (AvgIpc) is 1.78. The summed E-state index contributed by atoms with van der Waals surface area (Å²) in [5.41, 5.74) is 0. The van der Waals surface area contributed by atoms with Crippen LogP contribution < -0.4 is 4.72 Å². The van der Waals surface area contributed by atoms with Crippen LogP contribution in [0.15, 0.2) is 0 Å². The van der Waals surface area contributed by atoms with Crippen molar-refractivity contribution in [2.45, 2.75) is 50.3 Å². The number of hydrogen-bond donors (Lipinski definition) is 1. The van der Waals surface area contributed by atoms with Crippen molar-refractivity contribution in [2.24, 2.45) is 0 Å². The minimum absolute atomic E-state index is 0.387. The zero-order valence-corrected chi connectivity index (χ0v) is 9.29. The highest BCUT2D eigenvalue weighted by molar-refractivity contribution is 7.90. The van der Waals surface area contributed by atoms with E-state index in [2.05, 4.69) is 4.72 Å². The maximum Gasteiger partial charge on any atom is 0.251 e. The third kappa shape index (κ3) is 2.42. The number of alkyl halides is 2. The van der Waals surface area contributed by atoms with E-state index in [9.17, 15) is 17.2 Å². The highest BCUT2D eigenvalue weighted by atomic mass is 32.2. The fraction of sp³-hybridized carbons (Fsp3) is 1.00. The fourth-order valence-corrected chi connectivity index (χ4v) is 2.10. The quantitative estimate of drug-likeness (QED) is 0.777. The molecule has 6 heteroatoms. The molecule has 14 heavy (non-hydrogen) atoms. The molecule has 1 N–H and O–H groups in total. The Labute approximate surface area is 82.9 Å². The van der Waals surface area contributed by atoms with Gasteiger partial charge >= 0.3 is 0 Å². The zero-order valence-electron chi connectivity index (χ0n) is 8.47. The molecule has 84 valence electrons. The van der Waals surface area contributed by atoms with Crippen molar-refractivity contribution in [1.82, 2.24) is 4.72 Å². The van der Waals surface area contributed by atoms with Crippen molar-refractivity contribution in [2.75, 3.05) is 0 Å². The largest absolute Gasteiger partial charge is 0.251 e. The number of nitrogens with one attached hydrogen (secondary N) is 1. The maximum atomic E-state index is 12.4. The van der Waals surface area contributed by atoms with Crippen LogP contribution in [-0.2, 0) is 10.0 Å². The Kier molecular flexibility index (Phi) is 2.65. The monoisotopic (exact) mass is 227 g/mol. The Morgan fingerprint density at radius 2 is 1.71 bits per heavy atom. The lowest BCUT2D eigenvalue weighted by Gasteiger charge is -2.36. The standard InChI is InChI=1S/C8H15F2NO2S/c1-7(2,3)14(12,13)11-6-4-8(9,10)5-6/h6,11H,4-5H2,1-3H3. The third-order valence-corrected chi connectivity index (χ3v) is 4.47. The van der Waals surface area contributed by atoms with Gasteiger partial charge in [0.25, 0.3) is 5.92 Å². The molecule has 0 heterocycles. The van der Waals surface area contributed by atoms with E-state index < -0.39 is 26.7 Å². The van der Waals surface area contributed by atoms with Crippen molar-refractivity contribution in [3.8, 4) is 0 Å². The molecule has 0 aromatic rings. The normalized spacial score (nSPS) is 23.2. The molecule has 0 aliphatic heterocycles. The minimum atomic E-state index is -3.49. The molecule has 1 saturated carbocycles. The van der Waals surface area contributed by atoms with E-state index >= 15 is 0 Å². The Morgan fingerprint density at radius 1 is 1.29 bits per heavy atom. The van der Waals surface area contributed by atoms with Crippen LogP contribution in [0.25, 0.3) is 0 Å². The van der Waals surface area contributed by atoms with Crippen molar-refractivity contribution >= 4 is 10.0 Å². The van der Waals surface area contributed by atoms with E-state index in [4.69, 9.17) is 0 Å². The van der Waals surface area contributed by atoms with Gasteiger partial charge in [0, 0.05) is 18.9 Å². The molecule has 0 aromatic carbocycles. The van der Waals surface area contributed by atoms with Gasteiger partial charge in [-0.1, -0.05) is 0 Å². The van der Waals surface area contributed by atoms with Crippen LogP contribution in [0.2, 0.25) is 0 Å². The molecule has 1 fully saturated rings. The first-order valence-electron chi connectivity index (χ1n) is 4.43. The summed E-state index contributed by atoms with van der Waals surface area (Å²) in [6.45, 7) is 4.60. The van der Waals surface area contributed by atoms with Crippen LogP contribution in [0.1, 0.15) is 33.6 Å². The molecule has 0 saturated heterocycles. The molecular formula is C8H15F2NO2S. The predicted octanol–water partition coefficient (Wildman–Crippen LogP) is 1.50. The van der Waals surface area contributed by atoms with Gasteiger partial charge in [-0.3, -0.25) is 0 Å². The average molecular weight is 227 g/mol. The summed E-state index contributed by atoms with van der Waals surface area (Å²) < 4.78 is 49.2. The summed E-state index contributed by atoms with van der Waals surface area (Å²) in [6, 6.07) is -0.603. The van der Waals surface area contributed by atoms with Crippen LogP contribution in [0.3, 0.4) is 0 Å². The van der Waals surface area contributed by atoms with Crippen LogP contribution in [0.4, 0.5) is 8.78 Å². The van der Waals surface area contributed by atoms with Crippen molar-refractivity contribution in [1.29, 1.82) is 0 Å². The zero-order chi connectivity index (χ0) is 11.2. The van der Waals surface area contributed by atoms with Gasteiger partial charge in [-0.15, -0.1) is 0 Å². The second kappa shape index (κ2) is 3.13. The molecule has 0 amide bonds. The van der Waals surface area contributed by atoms with Gasteiger partial charge < -0.3 is 0 Å². The number of sulfonamides is 1. The molecule has 1 aliphatic rings. The molecule has 0 bridgehead atoms. The van der Waals surface area contributed by atoms with Crippen LogP contribution in [-0.4, -0.2) is 25.1 Å². The van der Waals surface area contributed by atoms with Gasteiger partial charge in [0.1, 0.15) is 0 Å². The van der Waals surface area contributed by atoms with Crippen LogP contribution in [0.5, 0.6) is 0 Å². The Morgan fingerprint density at radius 3 is 2.00 bits per heavy atom. The Hall–Kier alpha value is -0.230. The van der Waals surface area contributed by atoms with Crippen molar-refractivity contribution in [3.05, 3.63) is 0 Å². The molecule has 1 rings (SSSR count). The lowest BCUT2D eigenvalue weighted by Crippen LogP contribution is -2.53. The predicted molar refractivity (Wildman–Crippen MR) is 49.8 cm³/mol. The first kappa shape index (κ1) is 11.8. The summed E-state index contributed by atoms with van der Waals surface area (Å²) in [6.07, 6.45) is -0.773. The molecular weight excluding hydrogens is 212 g/mol. The van der Waals surface area contributed by atoms with Crippen LogP contribution >= 0.6 is 0 Å².